The van der Waals surface area contributed by atoms with E-state index in [1.54, 1.807) is 24.3 Å². The summed E-state index contributed by atoms with van der Waals surface area (Å²) in [5.74, 6) is 0.0605. The van der Waals surface area contributed by atoms with Crippen LogP contribution in [0.15, 0.2) is 36.4 Å². The molecule has 92 valence electrons. The summed E-state index contributed by atoms with van der Waals surface area (Å²) in [6.07, 6.45) is 0. The van der Waals surface area contributed by atoms with Crippen LogP contribution in [0, 0.1) is 5.92 Å². The summed E-state index contributed by atoms with van der Waals surface area (Å²) in [4.78, 5) is 11.7. The van der Waals surface area contributed by atoms with Crippen molar-refractivity contribution in [3.05, 3.63) is 41.4 Å². The SMILES string of the molecule is C=C(C(=O)Oc1ccc(Cl)cc1)C(N)C(C)C. The van der Waals surface area contributed by atoms with Gasteiger partial charge in [-0.25, -0.2) is 4.79 Å². The number of carbonyl (C=O) groups excluding carboxylic acids is 1. The summed E-state index contributed by atoms with van der Waals surface area (Å²) >= 11 is 5.72. The molecule has 2 N–H and O–H groups in total. The molecule has 0 aliphatic rings. The number of rotatable bonds is 4. The summed E-state index contributed by atoms with van der Waals surface area (Å²) in [7, 11) is 0. The van der Waals surface area contributed by atoms with E-state index in [9.17, 15) is 4.79 Å². The van der Waals surface area contributed by atoms with Gasteiger partial charge in [0.15, 0.2) is 0 Å². The molecule has 0 aliphatic carbocycles. The van der Waals surface area contributed by atoms with E-state index < -0.39 is 12.0 Å². The molecule has 1 unspecified atom stereocenters. The second-order valence-electron chi connectivity index (χ2n) is 4.14. The van der Waals surface area contributed by atoms with E-state index in [1.165, 1.54) is 0 Å². The summed E-state index contributed by atoms with van der Waals surface area (Å²) < 4.78 is 5.13. The third kappa shape index (κ3) is 3.88. The molecule has 0 heterocycles. The van der Waals surface area contributed by atoms with Crippen LogP contribution in [0.1, 0.15) is 13.8 Å². The van der Waals surface area contributed by atoms with Crippen molar-refractivity contribution in [1.29, 1.82) is 0 Å². The second kappa shape index (κ2) is 5.84. The van der Waals surface area contributed by atoms with Crippen molar-refractivity contribution in [1.82, 2.24) is 0 Å². The lowest BCUT2D eigenvalue weighted by Gasteiger charge is -2.17. The molecule has 0 fully saturated rings. The highest BCUT2D eigenvalue weighted by Gasteiger charge is 2.19. The Morgan fingerprint density at radius 2 is 1.88 bits per heavy atom. The highest BCUT2D eigenvalue weighted by Crippen LogP contribution is 2.17. The van der Waals surface area contributed by atoms with Gasteiger partial charge in [-0.3, -0.25) is 0 Å². The first-order valence-electron chi connectivity index (χ1n) is 5.34. The normalized spacial score (nSPS) is 12.3. The Balaban J connectivity index is 2.66. The van der Waals surface area contributed by atoms with Crippen molar-refractivity contribution in [2.24, 2.45) is 11.7 Å². The average Bonchev–Trinajstić information content (AvgIpc) is 2.30. The highest BCUT2D eigenvalue weighted by molar-refractivity contribution is 6.30. The first-order chi connectivity index (χ1) is 7.91. The molecule has 1 aromatic rings. The summed E-state index contributed by atoms with van der Waals surface area (Å²) in [6, 6.07) is 6.14. The quantitative estimate of drug-likeness (QED) is 0.510. The molecule has 0 aromatic heterocycles. The Morgan fingerprint density at radius 1 is 1.35 bits per heavy atom. The summed E-state index contributed by atoms with van der Waals surface area (Å²) in [6.45, 7) is 7.51. The van der Waals surface area contributed by atoms with Gasteiger partial charge in [-0.1, -0.05) is 32.0 Å². The fraction of sp³-hybridized carbons (Fsp3) is 0.308. The van der Waals surface area contributed by atoms with E-state index in [4.69, 9.17) is 22.1 Å². The van der Waals surface area contributed by atoms with Crippen LogP contribution in [0.4, 0.5) is 0 Å². The van der Waals surface area contributed by atoms with Gasteiger partial charge in [0.05, 0.1) is 0 Å². The number of nitrogens with two attached hydrogens (primary N) is 1. The van der Waals surface area contributed by atoms with Crippen molar-refractivity contribution in [2.45, 2.75) is 19.9 Å². The molecule has 0 bridgehead atoms. The standard InChI is InChI=1S/C13H16ClNO2/c1-8(2)12(15)9(3)13(16)17-11-6-4-10(14)5-7-11/h4-8,12H,3,15H2,1-2H3. The second-order valence-corrected chi connectivity index (χ2v) is 4.57. The monoisotopic (exact) mass is 253 g/mol. The van der Waals surface area contributed by atoms with Crippen LogP contribution < -0.4 is 10.5 Å². The molecule has 0 radical (unpaired) electrons. The predicted molar refractivity (Wildman–Crippen MR) is 69.0 cm³/mol. The number of ether oxygens (including phenoxy) is 1. The topological polar surface area (TPSA) is 52.3 Å². The zero-order chi connectivity index (χ0) is 13.0. The molecule has 4 heteroatoms. The molecule has 0 saturated carbocycles. The number of halogens is 1. The Bertz CT molecular complexity index is 412. The maximum atomic E-state index is 11.7. The van der Waals surface area contributed by atoms with Gasteiger partial charge in [0.1, 0.15) is 5.75 Å². The van der Waals surface area contributed by atoms with Gasteiger partial charge in [-0.15, -0.1) is 0 Å². The molecule has 1 atom stereocenters. The predicted octanol–water partition coefficient (Wildman–Crippen LogP) is 2.78. The molecular formula is C13H16ClNO2. The van der Waals surface area contributed by atoms with Crippen LogP contribution in [-0.4, -0.2) is 12.0 Å². The number of hydrogen-bond donors (Lipinski definition) is 1. The van der Waals surface area contributed by atoms with Crippen molar-refractivity contribution >= 4 is 17.6 Å². The zero-order valence-corrected chi connectivity index (χ0v) is 10.7. The van der Waals surface area contributed by atoms with Crippen LogP contribution in [0.5, 0.6) is 5.75 Å². The number of esters is 1. The minimum atomic E-state index is -0.506. The minimum Gasteiger partial charge on any atom is -0.423 e. The van der Waals surface area contributed by atoms with Gasteiger partial charge in [0, 0.05) is 16.6 Å². The van der Waals surface area contributed by atoms with E-state index in [2.05, 4.69) is 6.58 Å². The zero-order valence-electron chi connectivity index (χ0n) is 9.94. The highest BCUT2D eigenvalue weighted by atomic mass is 35.5. The molecular weight excluding hydrogens is 238 g/mol. The largest absolute Gasteiger partial charge is 0.423 e. The molecule has 3 nitrogen and oxygen atoms in total. The lowest BCUT2D eigenvalue weighted by atomic mass is 9.98. The third-order valence-electron chi connectivity index (χ3n) is 2.41. The fourth-order valence-electron chi connectivity index (χ4n) is 1.21. The Labute approximate surface area is 106 Å². The van der Waals surface area contributed by atoms with E-state index in [-0.39, 0.29) is 11.5 Å². The van der Waals surface area contributed by atoms with Gasteiger partial charge in [0.25, 0.3) is 0 Å². The van der Waals surface area contributed by atoms with E-state index in [0.717, 1.165) is 0 Å². The molecule has 0 spiro atoms. The smallest absolute Gasteiger partial charge is 0.340 e. The first-order valence-corrected chi connectivity index (χ1v) is 5.71. The molecule has 0 amide bonds. The van der Waals surface area contributed by atoms with E-state index >= 15 is 0 Å². The summed E-state index contributed by atoms with van der Waals surface area (Å²) in [5, 5.41) is 0.586. The first kappa shape index (κ1) is 13.7. The van der Waals surface area contributed by atoms with E-state index in [0.29, 0.717) is 10.8 Å². The Kier molecular flexibility index (Phi) is 4.73. The minimum absolute atomic E-state index is 0.139. The maximum absolute atomic E-state index is 11.7. The average molecular weight is 254 g/mol. The van der Waals surface area contributed by atoms with Crippen LogP contribution in [0.2, 0.25) is 5.02 Å². The lowest BCUT2D eigenvalue weighted by Crippen LogP contribution is -2.33. The van der Waals surface area contributed by atoms with Gasteiger partial charge >= 0.3 is 5.97 Å². The molecule has 1 rings (SSSR count). The number of carbonyl (C=O) groups is 1. The molecule has 0 saturated heterocycles. The van der Waals surface area contributed by atoms with Crippen molar-refractivity contribution < 1.29 is 9.53 Å². The van der Waals surface area contributed by atoms with Crippen LogP contribution in [-0.2, 0) is 4.79 Å². The van der Waals surface area contributed by atoms with Crippen LogP contribution in [0.25, 0.3) is 0 Å². The van der Waals surface area contributed by atoms with Gasteiger partial charge in [-0.2, -0.15) is 0 Å². The molecule has 17 heavy (non-hydrogen) atoms. The van der Waals surface area contributed by atoms with Gasteiger partial charge < -0.3 is 10.5 Å². The van der Waals surface area contributed by atoms with Crippen molar-refractivity contribution in [3.8, 4) is 5.75 Å². The lowest BCUT2D eigenvalue weighted by molar-refractivity contribution is -0.130. The molecule has 0 aliphatic heterocycles. The van der Waals surface area contributed by atoms with Crippen molar-refractivity contribution in [2.75, 3.05) is 0 Å². The van der Waals surface area contributed by atoms with Crippen molar-refractivity contribution in [3.63, 3.8) is 0 Å². The molecule has 1 aromatic carbocycles. The maximum Gasteiger partial charge on any atom is 0.340 e. The Hall–Kier alpha value is -1.32. The van der Waals surface area contributed by atoms with Crippen LogP contribution >= 0.6 is 11.6 Å². The Morgan fingerprint density at radius 3 is 2.35 bits per heavy atom. The third-order valence-corrected chi connectivity index (χ3v) is 2.66. The fourth-order valence-corrected chi connectivity index (χ4v) is 1.34. The number of hydrogen-bond acceptors (Lipinski definition) is 3. The van der Waals surface area contributed by atoms with Crippen LogP contribution in [0.3, 0.4) is 0 Å². The van der Waals surface area contributed by atoms with Gasteiger partial charge in [-0.05, 0) is 30.2 Å². The van der Waals surface area contributed by atoms with E-state index in [1.807, 2.05) is 13.8 Å². The van der Waals surface area contributed by atoms with Gasteiger partial charge in [0.2, 0.25) is 0 Å². The summed E-state index contributed by atoms with van der Waals surface area (Å²) in [5.41, 5.74) is 6.09. The number of benzene rings is 1.